The summed E-state index contributed by atoms with van der Waals surface area (Å²) < 4.78 is 31.9. The molecule has 3 aromatic rings. The number of hydrogen-bond donors (Lipinski definition) is 2. The zero-order chi connectivity index (χ0) is 19.9. The number of carbonyl (C=O) groups excluding carboxylic acids is 1. The first-order valence-corrected chi connectivity index (χ1v) is 8.65. The van der Waals surface area contributed by atoms with Crippen molar-refractivity contribution in [3.8, 4) is 5.75 Å². The number of methoxy groups -OCH3 is 1. The average molecular weight is 383 g/mol. The number of hydrogen-bond acceptors (Lipinski definition) is 4. The summed E-state index contributed by atoms with van der Waals surface area (Å²) in [5.74, 6) is -0.632. The highest BCUT2D eigenvalue weighted by molar-refractivity contribution is 6.04. The molecule has 0 aliphatic rings. The van der Waals surface area contributed by atoms with Crippen molar-refractivity contribution < 1.29 is 18.3 Å². The Labute approximate surface area is 161 Å². The van der Waals surface area contributed by atoms with Crippen molar-refractivity contribution in [1.82, 2.24) is 4.98 Å². The molecule has 0 saturated carbocycles. The van der Waals surface area contributed by atoms with E-state index in [1.54, 1.807) is 19.2 Å². The largest absolute Gasteiger partial charge is 0.496 e. The molecule has 0 fully saturated rings. The highest BCUT2D eigenvalue weighted by Crippen LogP contribution is 2.18. The Kier molecular flexibility index (Phi) is 6.16. The first-order valence-electron chi connectivity index (χ1n) is 8.65. The lowest BCUT2D eigenvalue weighted by Crippen LogP contribution is -2.14. The van der Waals surface area contributed by atoms with Gasteiger partial charge >= 0.3 is 0 Å². The van der Waals surface area contributed by atoms with Crippen molar-refractivity contribution in [2.45, 2.75) is 6.42 Å². The Morgan fingerprint density at radius 2 is 1.93 bits per heavy atom. The Bertz CT molecular complexity index is 962. The number of nitrogens with zero attached hydrogens (tertiary/aromatic N) is 1. The molecule has 3 rings (SSSR count). The van der Waals surface area contributed by atoms with E-state index in [9.17, 15) is 13.6 Å². The van der Waals surface area contributed by atoms with Crippen LogP contribution in [0.5, 0.6) is 5.75 Å². The Morgan fingerprint density at radius 3 is 2.64 bits per heavy atom. The van der Waals surface area contributed by atoms with E-state index in [0.717, 1.165) is 23.8 Å². The van der Waals surface area contributed by atoms with Crippen molar-refractivity contribution in [2.75, 3.05) is 24.3 Å². The van der Waals surface area contributed by atoms with Crippen LogP contribution in [0, 0.1) is 11.6 Å². The lowest BCUT2D eigenvalue weighted by molar-refractivity contribution is 0.102. The van der Waals surface area contributed by atoms with Gasteiger partial charge in [0.1, 0.15) is 23.2 Å². The van der Waals surface area contributed by atoms with Crippen LogP contribution in [0.25, 0.3) is 0 Å². The summed E-state index contributed by atoms with van der Waals surface area (Å²) >= 11 is 0. The summed E-state index contributed by atoms with van der Waals surface area (Å²) in [6.45, 7) is 0.639. The number of amides is 1. The third kappa shape index (κ3) is 4.82. The molecule has 1 heterocycles. The number of carbonyl (C=O) groups is 1. The quantitative estimate of drug-likeness (QED) is 0.639. The standard InChI is InChI=1S/C21H19F2N3O2/c1-28-19-5-3-2-4-14(19)10-11-24-20-9-6-15(13-25-20)21(27)26-18-8-7-16(22)12-17(18)23/h2-9,12-13H,10-11H2,1H3,(H,24,25)(H,26,27). The molecule has 0 atom stereocenters. The van der Waals surface area contributed by atoms with Gasteiger partial charge in [0.25, 0.3) is 5.91 Å². The predicted molar refractivity (Wildman–Crippen MR) is 104 cm³/mol. The van der Waals surface area contributed by atoms with E-state index in [4.69, 9.17) is 4.74 Å². The zero-order valence-electron chi connectivity index (χ0n) is 15.2. The smallest absolute Gasteiger partial charge is 0.257 e. The molecule has 2 aromatic carbocycles. The number of para-hydroxylation sites is 1. The molecule has 0 aliphatic heterocycles. The summed E-state index contributed by atoms with van der Waals surface area (Å²) in [5, 5.41) is 5.57. The number of rotatable bonds is 7. The molecule has 1 aromatic heterocycles. The molecule has 2 N–H and O–H groups in total. The molecule has 1 amide bonds. The van der Waals surface area contributed by atoms with Crippen molar-refractivity contribution >= 4 is 17.4 Å². The van der Waals surface area contributed by atoms with E-state index in [1.165, 1.54) is 12.3 Å². The first kappa shape index (κ1) is 19.3. The highest BCUT2D eigenvalue weighted by Gasteiger charge is 2.11. The SMILES string of the molecule is COc1ccccc1CCNc1ccc(C(=O)Nc2ccc(F)cc2F)cn1. The fourth-order valence-corrected chi connectivity index (χ4v) is 2.65. The number of halogens is 2. The van der Waals surface area contributed by atoms with Crippen LogP contribution in [-0.4, -0.2) is 24.5 Å². The molecule has 5 nitrogen and oxygen atoms in total. The molecule has 0 saturated heterocycles. The van der Waals surface area contributed by atoms with Crippen LogP contribution in [0.4, 0.5) is 20.3 Å². The van der Waals surface area contributed by atoms with Crippen molar-refractivity contribution in [3.05, 3.63) is 83.6 Å². The molecule has 0 aliphatic carbocycles. The summed E-state index contributed by atoms with van der Waals surface area (Å²) in [6, 6.07) is 14.0. The van der Waals surface area contributed by atoms with E-state index >= 15 is 0 Å². The number of aromatic nitrogens is 1. The fraction of sp³-hybridized carbons (Fsp3) is 0.143. The lowest BCUT2D eigenvalue weighted by atomic mass is 10.1. The Balaban J connectivity index is 1.56. The average Bonchev–Trinajstić information content (AvgIpc) is 2.71. The van der Waals surface area contributed by atoms with Gasteiger partial charge in [0.05, 0.1) is 18.4 Å². The van der Waals surface area contributed by atoms with Gasteiger partial charge in [-0.15, -0.1) is 0 Å². The predicted octanol–water partition coefficient (Wildman–Crippen LogP) is 4.28. The van der Waals surface area contributed by atoms with Crippen molar-refractivity contribution in [2.24, 2.45) is 0 Å². The molecule has 0 radical (unpaired) electrons. The van der Waals surface area contributed by atoms with Crippen molar-refractivity contribution in [1.29, 1.82) is 0 Å². The Morgan fingerprint density at radius 1 is 1.11 bits per heavy atom. The maximum absolute atomic E-state index is 13.6. The zero-order valence-corrected chi connectivity index (χ0v) is 15.2. The first-order chi connectivity index (χ1) is 13.6. The van der Waals surface area contributed by atoms with Crippen LogP contribution in [0.2, 0.25) is 0 Å². The molecular formula is C21H19F2N3O2. The van der Waals surface area contributed by atoms with Crippen LogP contribution in [0.3, 0.4) is 0 Å². The summed E-state index contributed by atoms with van der Waals surface area (Å²) in [4.78, 5) is 16.4. The normalized spacial score (nSPS) is 10.4. The van der Waals surface area contributed by atoms with Gasteiger partial charge in [0.2, 0.25) is 0 Å². The second-order valence-corrected chi connectivity index (χ2v) is 6.00. The highest BCUT2D eigenvalue weighted by atomic mass is 19.1. The lowest BCUT2D eigenvalue weighted by Gasteiger charge is -2.10. The topological polar surface area (TPSA) is 63.2 Å². The van der Waals surface area contributed by atoms with E-state index < -0.39 is 17.5 Å². The van der Waals surface area contributed by atoms with Crippen LogP contribution in [-0.2, 0) is 6.42 Å². The molecule has 0 unspecified atom stereocenters. The minimum absolute atomic E-state index is 0.0922. The van der Waals surface area contributed by atoms with Gasteiger partial charge in [-0.25, -0.2) is 13.8 Å². The van der Waals surface area contributed by atoms with Crippen LogP contribution in [0.1, 0.15) is 15.9 Å². The third-order valence-electron chi connectivity index (χ3n) is 4.10. The number of ether oxygens (including phenoxy) is 1. The van der Waals surface area contributed by atoms with Crippen molar-refractivity contribution in [3.63, 3.8) is 0 Å². The van der Waals surface area contributed by atoms with Gasteiger partial charge in [-0.1, -0.05) is 18.2 Å². The maximum atomic E-state index is 13.6. The summed E-state index contributed by atoms with van der Waals surface area (Å²) in [7, 11) is 1.63. The molecular weight excluding hydrogens is 364 g/mol. The summed E-state index contributed by atoms with van der Waals surface area (Å²) in [6.07, 6.45) is 2.14. The van der Waals surface area contributed by atoms with Crippen LogP contribution < -0.4 is 15.4 Å². The third-order valence-corrected chi connectivity index (χ3v) is 4.10. The van der Waals surface area contributed by atoms with Crippen LogP contribution in [0.15, 0.2) is 60.8 Å². The van der Waals surface area contributed by atoms with Gasteiger partial charge in [0.15, 0.2) is 0 Å². The summed E-state index contributed by atoms with van der Waals surface area (Å²) in [5.41, 5.74) is 1.25. The van der Waals surface area contributed by atoms with E-state index in [1.807, 2.05) is 24.3 Å². The van der Waals surface area contributed by atoms with Crippen LogP contribution >= 0.6 is 0 Å². The van der Waals surface area contributed by atoms with Gasteiger partial charge < -0.3 is 15.4 Å². The minimum atomic E-state index is -0.837. The Hall–Kier alpha value is -3.48. The fourth-order valence-electron chi connectivity index (χ4n) is 2.65. The van der Waals surface area contributed by atoms with Gasteiger partial charge in [-0.3, -0.25) is 4.79 Å². The minimum Gasteiger partial charge on any atom is -0.496 e. The van der Waals surface area contributed by atoms with Gasteiger partial charge in [-0.2, -0.15) is 0 Å². The number of anilines is 2. The second-order valence-electron chi connectivity index (χ2n) is 6.00. The monoisotopic (exact) mass is 383 g/mol. The van der Waals surface area contributed by atoms with E-state index in [0.29, 0.717) is 18.4 Å². The number of pyridine rings is 1. The van der Waals surface area contributed by atoms with E-state index in [2.05, 4.69) is 15.6 Å². The number of nitrogens with one attached hydrogen (secondary N) is 2. The molecule has 7 heteroatoms. The molecule has 0 bridgehead atoms. The molecule has 0 spiro atoms. The maximum Gasteiger partial charge on any atom is 0.257 e. The molecule has 144 valence electrons. The van der Waals surface area contributed by atoms with Gasteiger partial charge in [-0.05, 0) is 42.3 Å². The second kappa shape index (κ2) is 8.94. The van der Waals surface area contributed by atoms with Gasteiger partial charge in [0, 0.05) is 18.8 Å². The van der Waals surface area contributed by atoms with E-state index in [-0.39, 0.29) is 11.3 Å². The molecule has 28 heavy (non-hydrogen) atoms. The number of benzene rings is 2.